The largest absolute Gasteiger partial charge is 0.383 e. The van der Waals surface area contributed by atoms with Gasteiger partial charge in [-0.15, -0.1) is 0 Å². The third kappa shape index (κ3) is 2.46. The lowest BCUT2D eigenvalue weighted by Gasteiger charge is -2.47. The molecule has 0 spiro atoms. The van der Waals surface area contributed by atoms with Gasteiger partial charge >= 0.3 is 5.69 Å². The van der Waals surface area contributed by atoms with Crippen molar-refractivity contribution in [3.63, 3.8) is 0 Å². The Morgan fingerprint density at radius 1 is 1.19 bits per heavy atom. The average molecular weight is 293 g/mol. The van der Waals surface area contributed by atoms with E-state index in [0.717, 1.165) is 12.8 Å². The minimum atomic E-state index is -0.483. The zero-order valence-electron chi connectivity index (χ0n) is 12.6. The monoisotopic (exact) mass is 293 g/mol. The van der Waals surface area contributed by atoms with E-state index in [9.17, 15) is 9.59 Å². The molecule has 0 radical (unpaired) electrons. The van der Waals surface area contributed by atoms with Crippen LogP contribution in [0, 0.1) is 0 Å². The van der Waals surface area contributed by atoms with E-state index in [1.165, 1.54) is 23.8 Å². The maximum absolute atomic E-state index is 12.0. The van der Waals surface area contributed by atoms with Crippen LogP contribution in [0.5, 0.6) is 0 Å². The van der Waals surface area contributed by atoms with Gasteiger partial charge in [-0.05, 0) is 32.7 Å². The highest BCUT2D eigenvalue weighted by Gasteiger charge is 2.36. The maximum atomic E-state index is 12.0. The lowest BCUT2D eigenvalue weighted by molar-refractivity contribution is 0.0608. The van der Waals surface area contributed by atoms with E-state index in [2.05, 4.69) is 22.2 Å². The maximum Gasteiger partial charge on any atom is 0.329 e. The van der Waals surface area contributed by atoms with E-state index in [-0.39, 0.29) is 11.9 Å². The van der Waals surface area contributed by atoms with Crippen molar-refractivity contribution >= 4 is 11.5 Å². The van der Waals surface area contributed by atoms with Gasteiger partial charge in [-0.25, -0.2) is 4.79 Å². The zero-order chi connectivity index (χ0) is 15.1. The number of hydrogen-bond donors (Lipinski definition) is 3. The average Bonchev–Trinajstić information content (AvgIpc) is 2.42. The van der Waals surface area contributed by atoms with Crippen LogP contribution in [-0.4, -0.2) is 39.6 Å². The molecule has 3 heterocycles. The number of nitrogens with two attached hydrogens (primary N) is 1. The zero-order valence-corrected chi connectivity index (χ0v) is 12.6. The number of nitrogen functional groups attached to an aromatic ring is 1. The van der Waals surface area contributed by atoms with E-state index in [4.69, 9.17) is 5.73 Å². The predicted molar refractivity (Wildman–Crippen MR) is 82.6 cm³/mol. The van der Waals surface area contributed by atoms with Gasteiger partial charge in [0, 0.05) is 25.2 Å². The van der Waals surface area contributed by atoms with Crippen molar-refractivity contribution in [1.29, 1.82) is 0 Å². The molecule has 0 aliphatic carbocycles. The molecule has 2 saturated heterocycles. The van der Waals surface area contributed by atoms with Gasteiger partial charge in [0.2, 0.25) is 0 Å². The molecule has 7 nitrogen and oxygen atoms in total. The topological polar surface area (TPSA) is 96.2 Å². The number of hydrogen-bond acceptors (Lipinski definition) is 5. The van der Waals surface area contributed by atoms with Crippen LogP contribution in [-0.2, 0) is 7.05 Å². The molecule has 2 aliphatic rings. The van der Waals surface area contributed by atoms with E-state index >= 15 is 0 Å². The number of anilines is 2. The standard InChI is InChI=1S/C14H23N5O2/c1-18-9-4-3-5-10(18)7-8(6-9)16-11-12(15)19(2)14(21)17-13(11)20/h8-10,16H,3-7,15H2,1-2H3,(H,17,20,21). The molecule has 0 amide bonds. The minimum Gasteiger partial charge on any atom is -0.383 e. The Morgan fingerprint density at radius 2 is 1.81 bits per heavy atom. The van der Waals surface area contributed by atoms with Gasteiger partial charge < -0.3 is 16.0 Å². The number of piperidine rings is 2. The summed E-state index contributed by atoms with van der Waals surface area (Å²) in [6.45, 7) is 0. The summed E-state index contributed by atoms with van der Waals surface area (Å²) in [5.41, 5.74) is 5.32. The van der Waals surface area contributed by atoms with E-state index < -0.39 is 11.2 Å². The van der Waals surface area contributed by atoms with Crippen molar-refractivity contribution in [2.75, 3.05) is 18.1 Å². The molecule has 3 rings (SSSR count). The Morgan fingerprint density at radius 3 is 2.43 bits per heavy atom. The van der Waals surface area contributed by atoms with Crippen LogP contribution < -0.4 is 22.3 Å². The molecule has 21 heavy (non-hydrogen) atoms. The van der Waals surface area contributed by atoms with Gasteiger partial charge in [-0.1, -0.05) is 6.42 Å². The van der Waals surface area contributed by atoms with Gasteiger partial charge in [-0.2, -0.15) is 0 Å². The SMILES string of the molecule is CN1C2CCCC1CC(Nc1c(N)n(C)c(=O)[nH]c1=O)C2. The summed E-state index contributed by atoms with van der Waals surface area (Å²) in [4.78, 5) is 28.2. The first-order valence-electron chi connectivity index (χ1n) is 7.54. The molecule has 2 aliphatic heterocycles. The first-order chi connectivity index (χ1) is 9.97. The number of nitrogens with one attached hydrogen (secondary N) is 2. The fourth-order valence-electron chi connectivity index (χ4n) is 3.71. The highest BCUT2D eigenvalue weighted by molar-refractivity contribution is 5.60. The van der Waals surface area contributed by atoms with Gasteiger partial charge in [0.05, 0.1) is 0 Å². The smallest absolute Gasteiger partial charge is 0.329 e. The van der Waals surface area contributed by atoms with Crippen molar-refractivity contribution in [2.24, 2.45) is 7.05 Å². The Hall–Kier alpha value is -1.76. The number of fused-ring (bicyclic) bond motifs is 2. The van der Waals surface area contributed by atoms with Crippen LogP contribution in [0.3, 0.4) is 0 Å². The molecule has 0 saturated carbocycles. The third-order valence-corrected chi connectivity index (χ3v) is 5.06. The first-order valence-corrected chi connectivity index (χ1v) is 7.54. The molecule has 4 N–H and O–H groups in total. The highest BCUT2D eigenvalue weighted by atomic mass is 16.2. The van der Waals surface area contributed by atoms with Crippen LogP contribution in [0.25, 0.3) is 0 Å². The van der Waals surface area contributed by atoms with Crippen molar-refractivity contribution in [1.82, 2.24) is 14.5 Å². The summed E-state index contributed by atoms with van der Waals surface area (Å²) in [5, 5.41) is 3.28. The van der Waals surface area contributed by atoms with Crippen LogP contribution in [0.15, 0.2) is 9.59 Å². The molecule has 2 unspecified atom stereocenters. The fourth-order valence-corrected chi connectivity index (χ4v) is 3.71. The number of aromatic amines is 1. The molecule has 7 heteroatoms. The van der Waals surface area contributed by atoms with Crippen LogP contribution >= 0.6 is 0 Å². The Kier molecular flexibility index (Phi) is 3.52. The molecule has 0 aromatic carbocycles. The Labute approximate surface area is 123 Å². The first kappa shape index (κ1) is 14.2. The summed E-state index contributed by atoms with van der Waals surface area (Å²) in [6, 6.07) is 1.38. The van der Waals surface area contributed by atoms with Crippen molar-refractivity contribution in [3.05, 3.63) is 20.8 Å². The van der Waals surface area contributed by atoms with Crippen LogP contribution in [0.2, 0.25) is 0 Å². The second-order valence-corrected chi connectivity index (χ2v) is 6.30. The second kappa shape index (κ2) is 5.22. The molecule has 1 aromatic rings. The summed E-state index contributed by atoms with van der Waals surface area (Å²) >= 11 is 0. The summed E-state index contributed by atoms with van der Waals surface area (Å²) in [7, 11) is 3.75. The quantitative estimate of drug-likeness (QED) is 0.718. The van der Waals surface area contributed by atoms with Gasteiger partial charge in [0.15, 0.2) is 0 Å². The van der Waals surface area contributed by atoms with Crippen molar-refractivity contribution in [3.8, 4) is 0 Å². The van der Waals surface area contributed by atoms with Gasteiger partial charge in [0.25, 0.3) is 5.56 Å². The molecular formula is C14H23N5O2. The summed E-state index contributed by atoms with van der Waals surface area (Å²) in [6.07, 6.45) is 5.73. The summed E-state index contributed by atoms with van der Waals surface area (Å²) < 4.78 is 1.26. The van der Waals surface area contributed by atoms with E-state index in [1.807, 2.05) is 0 Å². The third-order valence-electron chi connectivity index (χ3n) is 5.06. The van der Waals surface area contributed by atoms with Crippen LogP contribution in [0.1, 0.15) is 32.1 Å². The molecule has 2 bridgehead atoms. The number of aromatic nitrogens is 2. The highest BCUT2D eigenvalue weighted by Crippen LogP contribution is 2.33. The predicted octanol–water partition coefficient (Wildman–Crippen LogP) is 0.0830. The minimum absolute atomic E-state index is 0.202. The molecular weight excluding hydrogens is 270 g/mol. The Bertz CT molecular complexity index is 636. The Balaban J connectivity index is 1.84. The number of H-pyrrole nitrogens is 1. The lowest BCUT2D eigenvalue weighted by atomic mass is 9.82. The van der Waals surface area contributed by atoms with Crippen molar-refractivity contribution < 1.29 is 0 Å². The fraction of sp³-hybridized carbons (Fsp3) is 0.714. The van der Waals surface area contributed by atoms with Gasteiger partial charge in [-0.3, -0.25) is 14.3 Å². The van der Waals surface area contributed by atoms with Crippen LogP contribution in [0.4, 0.5) is 11.5 Å². The van der Waals surface area contributed by atoms with E-state index in [0.29, 0.717) is 17.8 Å². The van der Waals surface area contributed by atoms with Gasteiger partial charge in [0.1, 0.15) is 11.5 Å². The van der Waals surface area contributed by atoms with Crippen molar-refractivity contribution in [2.45, 2.75) is 50.2 Å². The van der Waals surface area contributed by atoms with E-state index in [1.54, 1.807) is 7.05 Å². The molecule has 2 atom stereocenters. The second-order valence-electron chi connectivity index (χ2n) is 6.30. The number of rotatable bonds is 2. The number of nitrogens with zero attached hydrogens (tertiary/aromatic N) is 2. The summed E-state index contributed by atoms with van der Waals surface area (Å²) in [5.74, 6) is 0.202. The normalized spacial score (nSPS) is 29.3. The molecule has 116 valence electrons. The lowest BCUT2D eigenvalue weighted by Crippen LogP contribution is -2.53. The molecule has 2 fully saturated rings. The molecule has 1 aromatic heterocycles.